The van der Waals surface area contributed by atoms with Crippen LogP contribution in [0.15, 0.2) is 24.8 Å². The fraction of sp³-hybridized carbons (Fsp3) is 0.462. The number of fused-ring (bicyclic) bond motifs is 1. The Morgan fingerprint density at radius 1 is 1.55 bits per heavy atom. The molecule has 0 aliphatic carbocycles. The average Bonchev–Trinajstić information content (AvgIpc) is 2.91. The molecular formula is C13H16N4O3. The fourth-order valence-electron chi connectivity index (χ4n) is 2.36. The lowest BCUT2D eigenvalue weighted by molar-refractivity contribution is -0.0666. The molecule has 2 unspecified atom stereocenters. The second-order valence-corrected chi connectivity index (χ2v) is 4.91. The summed E-state index contributed by atoms with van der Waals surface area (Å²) in [6.07, 6.45) is 6.17. The van der Waals surface area contributed by atoms with Crippen molar-refractivity contribution >= 4 is 11.4 Å². The maximum atomic E-state index is 12.7. The Morgan fingerprint density at radius 2 is 2.40 bits per heavy atom. The van der Waals surface area contributed by atoms with Crippen LogP contribution < -0.4 is 0 Å². The van der Waals surface area contributed by atoms with Gasteiger partial charge in [-0.3, -0.25) is 9.78 Å². The summed E-state index contributed by atoms with van der Waals surface area (Å²) in [5, 5.41) is 13.3. The minimum absolute atomic E-state index is 0.0306. The van der Waals surface area contributed by atoms with E-state index in [0.29, 0.717) is 24.2 Å². The first-order valence-corrected chi connectivity index (χ1v) is 6.51. The van der Waals surface area contributed by atoms with Crippen molar-refractivity contribution in [3.8, 4) is 0 Å². The molecule has 0 saturated carbocycles. The molecule has 1 aliphatic heterocycles. The van der Waals surface area contributed by atoms with E-state index < -0.39 is 0 Å². The van der Waals surface area contributed by atoms with Crippen LogP contribution in [0, 0.1) is 0 Å². The predicted octanol–water partition coefficient (Wildman–Crippen LogP) is -0.0489. The molecule has 2 aromatic rings. The Balaban J connectivity index is 1.91. The van der Waals surface area contributed by atoms with Crippen LogP contribution in [0.2, 0.25) is 0 Å². The lowest BCUT2D eigenvalue weighted by Crippen LogP contribution is -2.52. The lowest BCUT2D eigenvalue weighted by atomic mass is 10.1. The van der Waals surface area contributed by atoms with Gasteiger partial charge in [0.15, 0.2) is 0 Å². The molecule has 1 aliphatic rings. The molecule has 0 radical (unpaired) electrons. The van der Waals surface area contributed by atoms with Gasteiger partial charge in [0.2, 0.25) is 0 Å². The van der Waals surface area contributed by atoms with E-state index in [1.807, 2.05) is 6.92 Å². The summed E-state index contributed by atoms with van der Waals surface area (Å²) in [5.74, 6) is -0.109. The van der Waals surface area contributed by atoms with E-state index in [0.717, 1.165) is 0 Å². The Kier molecular flexibility index (Phi) is 3.37. The lowest BCUT2D eigenvalue weighted by Gasteiger charge is -2.37. The van der Waals surface area contributed by atoms with Gasteiger partial charge < -0.3 is 14.7 Å². The van der Waals surface area contributed by atoms with Crippen molar-refractivity contribution in [2.45, 2.75) is 19.1 Å². The van der Waals surface area contributed by atoms with Gasteiger partial charge in [0.1, 0.15) is 0 Å². The van der Waals surface area contributed by atoms with Crippen molar-refractivity contribution in [2.24, 2.45) is 0 Å². The molecule has 2 aromatic heterocycles. The quantitative estimate of drug-likeness (QED) is 0.832. The van der Waals surface area contributed by atoms with E-state index in [1.54, 1.807) is 34.2 Å². The van der Waals surface area contributed by atoms with Crippen LogP contribution in [0.5, 0.6) is 0 Å². The van der Waals surface area contributed by atoms with Gasteiger partial charge >= 0.3 is 0 Å². The van der Waals surface area contributed by atoms with E-state index in [1.165, 1.54) is 0 Å². The van der Waals surface area contributed by atoms with Gasteiger partial charge in [-0.2, -0.15) is 5.10 Å². The predicted molar refractivity (Wildman–Crippen MR) is 70.3 cm³/mol. The summed E-state index contributed by atoms with van der Waals surface area (Å²) in [5.41, 5.74) is 1.19. The molecule has 0 aromatic carbocycles. The van der Waals surface area contributed by atoms with Gasteiger partial charge in [0.05, 0.1) is 48.8 Å². The minimum atomic E-state index is -0.324. The SMILES string of the molecule is CC1COC(CO)CN1C(=O)c1cnn2ccncc12. The van der Waals surface area contributed by atoms with Crippen LogP contribution in [-0.2, 0) is 4.74 Å². The molecule has 0 spiro atoms. The van der Waals surface area contributed by atoms with Gasteiger partial charge in [-0.1, -0.05) is 0 Å². The standard InChI is InChI=1S/C13H16N4O3/c1-9-8-20-10(7-18)6-16(9)13(19)11-4-15-17-3-2-14-5-12(11)17/h2-5,9-10,18H,6-8H2,1H3. The first kappa shape index (κ1) is 13.0. The number of rotatable bonds is 2. The molecule has 2 atom stereocenters. The first-order valence-electron chi connectivity index (χ1n) is 6.51. The number of morpholine rings is 1. The third kappa shape index (κ3) is 2.14. The number of aliphatic hydroxyl groups is 1. The van der Waals surface area contributed by atoms with Gasteiger partial charge in [0, 0.05) is 18.9 Å². The summed E-state index contributed by atoms with van der Waals surface area (Å²) < 4.78 is 7.07. The Labute approximate surface area is 115 Å². The second kappa shape index (κ2) is 5.18. The normalized spacial score (nSPS) is 23.2. The zero-order valence-corrected chi connectivity index (χ0v) is 11.1. The van der Waals surface area contributed by atoms with Crippen LogP contribution in [0.4, 0.5) is 0 Å². The monoisotopic (exact) mass is 276 g/mol. The van der Waals surface area contributed by atoms with Gasteiger partial charge in [-0.15, -0.1) is 0 Å². The van der Waals surface area contributed by atoms with E-state index in [4.69, 9.17) is 4.74 Å². The molecule has 7 heteroatoms. The van der Waals surface area contributed by atoms with E-state index >= 15 is 0 Å². The van der Waals surface area contributed by atoms with E-state index in [-0.39, 0.29) is 24.7 Å². The number of hydrogen-bond donors (Lipinski definition) is 1. The molecule has 1 N–H and O–H groups in total. The van der Waals surface area contributed by atoms with Crippen LogP contribution >= 0.6 is 0 Å². The number of carbonyl (C=O) groups is 1. The summed E-state index contributed by atoms with van der Waals surface area (Å²) in [6, 6.07) is -0.0306. The van der Waals surface area contributed by atoms with Gasteiger partial charge in [-0.05, 0) is 6.92 Å². The molecule has 1 fully saturated rings. The average molecular weight is 276 g/mol. The smallest absolute Gasteiger partial charge is 0.258 e. The third-order valence-electron chi connectivity index (χ3n) is 3.53. The number of aliphatic hydroxyl groups excluding tert-OH is 1. The van der Waals surface area contributed by atoms with Gasteiger partial charge in [0.25, 0.3) is 5.91 Å². The van der Waals surface area contributed by atoms with Crippen molar-refractivity contribution in [3.63, 3.8) is 0 Å². The maximum Gasteiger partial charge on any atom is 0.258 e. The Hall–Kier alpha value is -1.99. The zero-order valence-electron chi connectivity index (χ0n) is 11.1. The highest BCUT2D eigenvalue weighted by Crippen LogP contribution is 2.18. The topological polar surface area (TPSA) is 80.0 Å². The minimum Gasteiger partial charge on any atom is -0.394 e. The Bertz CT molecular complexity index is 627. The van der Waals surface area contributed by atoms with E-state index in [2.05, 4.69) is 10.1 Å². The van der Waals surface area contributed by atoms with Crippen LogP contribution in [0.25, 0.3) is 5.52 Å². The molecule has 1 amide bonds. The number of ether oxygens (including phenoxy) is 1. The molecule has 0 bridgehead atoms. The van der Waals surface area contributed by atoms with E-state index in [9.17, 15) is 9.90 Å². The van der Waals surface area contributed by atoms with Crippen molar-refractivity contribution in [2.75, 3.05) is 19.8 Å². The number of aromatic nitrogens is 3. The number of amides is 1. The van der Waals surface area contributed by atoms with Crippen LogP contribution in [0.1, 0.15) is 17.3 Å². The molecule has 20 heavy (non-hydrogen) atoms. The highest BCUT2D eigenvalue weighted by Gasteiger charge is 2.31. The summed E-state index contributed by atoms with van der Waals surface area (Å²) in [7, 11) is 0. The first-order chi connectivity index (χ1) is 9.70. The van der Waals surface area contributed by atoms with Crippen molar-refractivity contribution in [1.82, 2.24) is 19.5 Å². The highest BCUT2D eigenvalue weighted by molar-refractivity contribution is 6.00. The molecule has 106 valence electrons. The van der Waals surface area contributed by atoms with Crippen molar-refractivity contribution in [3.05, 3.63) is 30.4 Å². The number of carbonyl (C=O) groups excluding carboxylic acids is 1. The highest BCUT2D eigenvalue weighted by atomic mass is 16.5. The maximum absolute atomic E-state index is 12.7. The number of nitrogens with zero attached hydrogens (tertiary/aromatic N) is 4. The fourth-order valence-corrected chi connectivity index (χ4v) is 2.36. The third-order valence-corrected chi connectivity index (χ3v) is 3.53. The second-order valence-electron chi connectivity index (χ2n) is 4.91. The summed E-state index contributed by atoms with van der Waals surface area (Å²) >= 11 is 0. The molecule has 3 heterocycles. The van der Waals surface area contributed by atoms with Crippen LogP contribution in [-0.4, -0.2) is 62.4 Å². The van der Waals surface area contributed by atoms with Crippen molar-refractivity contribution in [1.29, 1.82) is 0 Å². The summed E-state index contributed by atoms with van der Waals surface area (Å²) in [4.78, 5) is 18.4. The zero-order chi connectivity index (χ0) is 14.1. The van der Waals surface area contributed by atoms with Crippen molar-refractivity contribution < 1.29 is 14.6 Å². The molecule has 7 nitrogen and oxygen atoms in total. The molecule has 3 rings (SSSR count). The van der Waals surface area contributed by atoms with Crippen LogP contribution in [0.3, 0.4) is 0 Å². The molecular weight excluding hydrogens is 260 g/mol. The largest absolute Gasteiger partial charge is 0.394 e. The molecule has 1 saturated heterocycles. The Morgan fingerprint density at radius 3 is 3.20 bits per heavy atom. The number of hydrogen-bond acceptors (Lipinski definition) is 5. The van der Waals surface area contributed by atoms with Gasteiger partial charge in [-0.25, -0.2) is 4.52 Å². The summed E-state index contributed by atoms with van der Waals surface area (Å²) in [6.45, 7) is 2.64.